The van der Waals surface area contributed by atoms with Crippen LogP contribution in [0, 0.1) is 12.8 Å². The van der Waals surface area contributed by atoms with Crippen LogP contribution in [0.5, 0.6) is 0 Å². The molecule has 106 valence electrons. The van der Waals surface area contributed by atoms with Crippen LogP contribution in [0.3, 0.4) is 0 Å². The molecule has 0 amide bonds. The summed E-state index contributed by atoms with van der Waals surface area (Å²) in [4.78, 5) is 0.240. The van der Waals surface area contributed by atoms with Gasteiger partial charge < -0.3 is 9.84 Å². The van der Waals surface area contributed by atoms with E-state index in [1.807, 2.05) is 6.92 Å². The fourth-order valence-corrected chi connectivity index (χ4v) is 3.09. The number of rotatable bonds is 4. The van der Waals surface area contributed by atoms with Gasteiger partial charge in [0.1, 0.15) is 0 Å². The highest BCUT2D eigenvalue weighted by molar-refractivity contribution is 7.89. The summed E-state index contributed by atoms with van der Waals surface area (Å²) in [6.07, 6.45) is 0.0474. The smallest absolute Gasteiger partial charge is 0.240 e. The normalized spacial score (nSPS) is 24.3. The van der Waals surface area contributed by atoms with E-state index >= 15 is 0 Å². The maximum Gasteiger partial charge on any atom is 0.240 e. The summed E-state index contributed by atoms with van der Waals surface area (Å²) in [6, 6.07) is 6.66. The average molecular weight is 285 g/mol. The third kappa shape index (κ3) is 3.76. The molecular weight excluding hydrogens is 266 g/mol. The molecule has 2 N–H and O–H groups in total. The fourth-order valence-electron chi connectivity index (χ4n) is 2.00. The number of hydrogen-bond donors (Lipinski definition) is 2. The summed E-state index contributed by atoms with van der Waals surface area (Å²) in [5, 5.41) is 9.76. The Kier molecular flexibility index (Phi) is 4.57. The number of aliphatic hydroxyl groups is 1. The molecule has 0 aliphatic carbocycles. The summed E-state index contributed by atoms with van der Waals surface area (Å²) in [5.74, 6) is -0.186. The van der Waals surface area contributed by atoms with Gasteiger partial charge in [-0.05, 0) is 25.5 Å². The van der Waals surface area contributed by atoms with Crippen LogP contribution in [0.25, 0.3) is 0 Å². The lowest BCUT2D eigenvalue weighted by atomic mass is 9.99. The first-order chi connectivity index (χ1) is 8.99. The zero-order valence-electron chi connectivity index (χ0n) is 10.9. The second kappa shape index (κ2) is 6.00. The van der Waals surface area contributed by atoms with Gasteiger partial charge in [0.15, 0.2) is 0 Å². The van der Waals surface area contributed by atoms with Crippen molar-refractivity contribution in [3.8, 4) is 0 Å². The third-order valence-electron chi connectivity index (χ3n) is 3.30. The molecule has 1 aliphatic rings. The molecule has 1 aliphatic heterocycles. The molecule has 0 saturated carbocycles. The lowest BCUT2D eigenvalue weighted by Gasteiger charge is -2.27. The van der Waals surface area contributed by atoms with Crippen molar-refractivity contribution in [2.75, 3.05) is 19.8 Å². The monoisotopic (exact) mass is 285 g/mol. The molecule has 0 bridgehead atoms. The minimum atomic E-state index is -3.52. The van der Waals surface area contributed by atoms with Crippen LogP contribution >= 0.6 is 0 Å². The number of benzene rings is 1. The molecule has 0 radical (unpaired) electrons. The van der Waals surface area contributed by atoms with Crippen molar-refractivity contribution in [2.24, 2.45) is 5.92 Å². The fraction of sp³-hybridized carbons (Fsp3) is 0.538. The van der Waals surface area contributed by atoms with Crippen LogP contribution in [0.1, 0.15) is 12.0 Å². The van der Waals surface area contributed by atoms with E-state index in [1.165, 1.54) is 0 Å². The van der Waals surface area contributed by atoms with E-state index < -0.39 is 16.1 Å². The lowest BCUT2D eigenvalue weighted by Crippen LogP contribution is -2.40. The quantitative estimate of drug-likeness (QED) is 0.852. The maximum absolute atomic E-state index is 12.1. The van der Waals surface area contributed by atoms with Crippen molar-refractivity contribution in [1.29, 1.82) is 0 Å². The molecule has 1 fully saturated rings. The number of ether oxygens (including phenoxy) is 1. The first-order valence-electron chi connectivity index (χ1n) is 6.31. The Morgan fingerprint density at radius 3 is 2.68 bits per heavy atom. The Bertz CT molecular complexity index is 512. The summed E-state index contributed by atoms with van der Waals surface area (Å²) < 4.78 is 31.9. The number of aliphatic hydroxyl groups excluding tert-OH is 1. The van der Waals surface area contributed by atoms with E-state index in [0.29, 0.717) is 19.6 Å². The van der Waals surface area contributed by atoms with Gasteiger partial charge >= 0.3 is 0 Å². The molecule has 6 heteroatoms. The molecule has 1 aromatic carbocycles. The predicted octanol–water partition coefficient (Wildman–Crippen LogP) is 0.671. The first-order valence-corrected chi connectivity index (χ1v) is 7.79. The second-order valence-electron chi connectivity index (χ2n) is 4.86. The van der Waals surface area contributed by atoms with Gasteiger partial charge in [0, 0.05) is 19.1 Å². The van der Waals surface area contributed by atoms with Crippen molar-refractivity contribution in [1.82, 2.24) is 4.72 Å². The van der Waals surface area contributed by atoms with Crippen molar-refractivity contribution in [3.05, 3.63) is 29.8 Å². The van der Waals surface area contributed by atoms with E-state index in [1.54, 1.807) is 24.3 Å². The van der Waals surface area contributed by atoms with Crippen LogP contribution in [0.4, 0.5) is 0 Å². The average Bonchev–Trinajstić information content (AvgIpc) is 2.38. The van der Waals surface area contributed by atoms with Crippen LogP contribution in [-0.2, 0) is 14.8 Å². The Balaban J connectivity index is 1.99. The minimum Gasteiger partial charge on any atom is -0.393 e. The van der Waals surface area contributed by atoms with Gasteiger partial charge in [-0.15, -0.1) is 0 Å². The standard InChI is InChI=1S/C13H19NO4S/c1-10-2-4-12(5-3-10)19(16,17)14-8-11-9-18-7-6-13(11)15/h2-5,11,13-15H,6-9H2,1H3. The van der Waals surface area contributed by atoms with Crippen molar-refractivity contribution >= 4 is 10.0 Å². The molecule has 1 heterocycles. The largest absolute Gasteiger partial charge is 0.393 e. The second-order valence-corrected chi connectivity index (χ2v) is 6.62. The van der Waals surface area contributed by atoms with Crippen LogP contribution in [0.15, 0.2) is 29.2 Å². The van der Waals surface area contributed by atoms with E-state index in [-0.39, 0.29) is 17.4 Å². The summed E-state index contributed by atoms with van der Waals surface area (Å²) in [5.41, 5.74) is 1.01. The van der Waals surface area contributed by atoms with Crippen molar-refractivity contribution < 1.29 is 18.3 Å². The number of hydrogen-bond acceptors (Lipinski definition) is 4. The molecule has 0 spiro atoms. The predicted molar refractivity (Wildman–Crippen MR) is 71.3 cm³/mol. The molecule has 1 aromatic rings. The van der Waals surface area contributed by atoms with E-state index in [2.05, 4.69) is 4.72 Å². The van der Waals surface area contributed by atoms with Gasteiger partial charge in [-0.1, -0.05) is 17.7 Å². The van der Waals surface area contributed by atoms with Crippen LogP contribution < -0.4 is 4.72 Å². The Labute approximate surface area is 113 Å². The highest BCUT2D eigenvalue weighted by Crippen LogP contribution is 2.15. The highest BCUT2D eigenvalue weighted by atomic mass is 32.2. The molecule has 5 nitrogen and oxygen atoms in total. The molecule has 19 heavy (non-hydrogen) atoms. The number of aryl methyl sites for hydroxylation is 1. The van der Waals surface area contributed by atoms with E-state index in [4.69, 9.17) is 4.74 Å². The molecule has 2 unspecified atom stereocenters. The van der Waals surface area contributed by atoms with Gasteiger partial charge in [0.2, 0.25) is 10.0 Å². The zero-order valence-corrected chi connectivity index (χ0v) is 11.7. The molecule has 1 saturated heterocycles. The van der Waals surface area contributed by atoms with Crippen LogP contribution in [0.2, 0.25) is 0 Å². The third-order valence-corrected chi connectivity index (χ3v) is 4.74. The van der Waals surface area contributed by atoms with Gasteiger partial charge in [-0.25, -0.2) is 13.1 Å². The Hall–Kier alpha value is -0.950. The summed E-state index contributed by atoms with van der Waals surface area (Å²) in [7, 11) is -3.52. The number of sulfonamides is 1. The zero-order chi connectivity index (χ0) is 13.9. The number of nitrogens with one attached hydrogen (secondary N) is 1. The SMILES string of the molecule is Cc1ccc(S(=O)(=O)NCC2COCCC2O)cc1. The van der Waals surface area contributed by atoms with Gasteiger partial charge in [0.05, 0.1) is 17.6 Å². The Morgan fingerprint density at radius 1 is 1.37 bits per heavy atom. The van der Waals surface area contributed by atoms with E-state index in [9.17, 15) is 13.5 Å². The summed E-state index contributed by atoms with van der Waals surface area (Å²) >= 11 is 0. The van der Waals surface area contributed by atoms with Gasteiger partial charge in [-0.3, -0.25) is 0 Å². The van der Waals surface area contributed by atoms with Crippen molar-refractivity contribution in [2.45, 2.75) is 24.3 Å². The topological polar surface area (TPSA) is 75.6 Å². The summed E-state index contributed by atoms with van der Waals surface area (Å²) in [6.45, 7) is 3.01. The molecular formula is C13H19NO4S. The van der Waals surface area contributed by atoms with Gasteiger partial charge in [0.25, 0.3) is 0 Å². The van der Waals surface area contributed by atoms with Crippen LogP contribution in [-0.4, -0.2) is 39.4 Å². The van der Waals surface area contributed by atoms with E-state index in [0.717, 1.165) is 5.56 Å². The first kappa shape index (κ1) is 14.5. The molecule has 2 atom stereocenters. The van der Waals surface area contributed by atoms with Crippen molar-refractivity contribution in [3.63, 3.8) is 0 Å². The Morgan fingerprint density at radius 2 is 2.05 bits per heavy atom. The minimum absolute atomic E-state index is 0.186. The van der Waals surface area contributed by atoms with Gasteiger partial charge in [-0.2, -0.15) is 0 Å². The molecule has 0 aromatic heterocycles. The highest BCUT2D eigenvalue weighted by Gasteiger charge is 2.25. The molecule has 2 rings (SSSR count). The lowest BCUT2D eigenvalue weighted by molar-refractivity contribution is -0.0328. The maximum atomic E-state index is 12.1.